The zero-order valence-electron chi connectivity index (χ0n) is 11.2. The van der Waals surface area contributed by atoms with Crippen LogP contribution in [0, 0.1) is 0 Å². The van der Waals surface area contributed by atoms with E-state index in [1.807, 2.05) is 0 Å². The van der Waals surface area contributed by atoms with Crippen molar-refractivity contribution in [3.8, 4) is 11.5 Å². The molecule has 0 aromatic heterocycles. The highest BCUT2D eigenvalue weighted by atomic mass is 79.9. The van der Waals surface area contributed by atoms with Gasteiger partial charge in [0.15, 0.2) is 0 Å². The summed E-state index contributed by atoms with van der Waals surface area (Å²) in [5, 5.41) is 2.82. The second-order valence-electron chi connectivity index (χ2n) is 4.41. The number of benzene rings is 2. The number of ether oxygens (including phenoxy) is 1. The van der Waals surface area contributed by atoms with Gasteiger partial charge in [-0.25, -0.2) is 0 Å². The van der Waals surface area contributed by atoms with Crippen LogP contribution in [-0.4, -0.2) is 7.05 Å². The average molecular weight is 360 g/mol. The van der Waals surface area contributed by atoms with Gasteiger partial charge in [-0.1, -0.05) is 22.0 Å². The van der Waals surface area contributed by atoms with E-state index in [9.17, 15) is 13.2 Å². The maximum atomic E-state index is 13.1. The summed E-state index contributed by atoms with van der Waals surface area (Å²) in [6.07, 6.45) is -4.46. The van der Waals surface area contributed by atoms with Crippen molar-refractivity contribution in [3.05, 3.63) is 58.1 Å². The molecule has 0 amide bonds. The van der Waals surface area contributed by atoms with E-state index in [2.05, 4.69) is 21.2 Å². The molecule has 0 radical (unpaired) electrons. The van der Waals surface area contributed by atoms with Crippen LogP contribution in [0.25, 0.3) is 0 Å². The molecule has 2 aromatic carbocycles. The van der Waals surface area contributed by atoms with Crippen molar-refractivity contribution in [1.82, 2.24) is 5.32 Å². The molecular weight excluding hydrogens is 347 g/mol. The van der Waals surface area contributed by atoms with Gasteiger partial charge in [0.25, 0.3) is 0 Å². The Morgan fingerprint density at radius 1 is 1.10 bits per heavy atom. The highest BCUT2D eigenvalue weighted by Gasteiger charge is 2.34. The van der Waals surface area contributed by atoms with Crippen molar-refractivity contribution < 1.29 is 17.9 Å². The van der Waals surface area contributed by atoms with Gasteiger partial charge < -0.3 is 10.1 Å². The fourth-order valence-corrected chi connectivity index (χ4v) is 2.10. The number of hydrogen-bond donors (Lipinski definition) is 1. The van der Waals surface area contributed by atoms with Gasteiger partial charge in [-0.05, 0) is 49.0 Å². The number of halogens is 4. The Morgan fingerprint density at radius 3 is 2.33 bits per heavy atom. The molecule has 0 aliphatic rings. The zero-order valence-corrected chi connectivity index (χ0v) is 12.8. The first-order valence-electron chi connectivity index (χ1n) is 6.18. The minimum Gasteiger partial charge on any atom is -0.457 e. The van der Waals surface area contributed by atoms with Crippen LogP contribution in [0.3, 0.4) is 0 Å². The number of alkyl halides is 3. The molecule has 0 atom stereocenters. The lowest BCUT2D eigenvalue weighted by Crippen LogP contribution is -2.10. The van der Waals surface area contributed by atoms with Crippen LogP contribution >= 0.6 is 15.9 Å². The minimum atomic E-state index is -4.46. The van der Waals surface area contributed by atoms with Crippen molar-refractivity contribution >= 4 is 15.9 Å². The first-order chi connectivity index (χ1) is 9.90. The van der Waals surface area contributed by atoms with Gasteiger partial charge in [0.05, 0.1) is 5.56 Å². The SMILES string of the molecule is CNCc1ccc(Oc2ccc(Br)cc2)c(C(F)(F)F)c1. The highest BCUT2D eigenvalue weighted by Crippen LogP contribution is 2.38. The molecule has 0 saturated heterocycles. The molecule has 0 heterocycles. The van der Waals surface area contributed by atoms with Gasteiger partial charge in [-0.2, -0.15) is 13.2 Å². The van der Waals surface area contributed by atoms with Crippen molar-refractivity contribution in [2.24, 2.45) is 0 Å². The Kier molecular flexibility index (Phi) is 4.90. The van der Waals surface area contributed by atoms with E-state index in [1.165, 1.54) is 6.07 Å². The normalized spacial score (nSPS) is 11.5. The van der Waals surface area contributed by atoms with Crippen molar-refractivity contribution in [2.45, 2.75) is 12.7 Å². The third-order valence-electron chi connectivity index (χ3n) is 2.77. The van der Waals surface area contributed by atoms with E-state index in [0.717, 1.165) is 10.5 Å². The minimum absolute atomic E-state index is 0.204. The van der Waals surface area contributed by atoms with Crippen LogP contribution < -0.4 is 10.1 Å². The number of hydrogen-bond acceptors (Lipinski definition) is 2. The van der Waals surface area contributed by atoms with Gasteiger partial charge in [0.1, 0.15) is 11.5 Å². The van der Waals surface area contributed by atoms with Gasteiger partial charge in [-0.3, -0.25) is 0 Å². The smallest absolute Gasteiger partial charge is 0.419 e. The third-order valence-corrected chi connectivity index (χ3v) is 3.30. The Balaban J connectivity index is 2.35. The largest absolute Gasteiger partial charge is 0.457 e. The van der Waals surface area contributed by atoms with E-state index in [4.69, 9.17) is 4.74 Å². The van der Waals surface area contributed by atoms with E-state index < -0.39 is 11.7 Å². The third kappa shape index (κ3) is 4.22. The van der Waals surface area contributed by atoms with Crippen LogP contribution in [-0.2, 0) is 12.7 Å². The fourth-order valence-electron chi connectivity index (χ4n) is 1.83. The molecule has 0 aliphatic carbocycles. The quantitative estimate of drug-likeness (QED) is 0.831. The lowest BCUT2D eigenvalue weighted by Gasteiger charge is -2.15. The number of rotatable bonds is 4. The predicted octanol–water partition coefficient (Wildman–Crippen LogP) is 4.98. The Bertz CT molecular complexity index is 611. The maximum absolute atomic E-state index is 13.1. The molecule has 0 saturated carbocycles. The molecule has 2 nitrogen and oxygen atoms in total. The Hall–Kier alpha value is -1.53. The molecule has 0 aliphatic heterocycles. The molecule has 0 spiro atoms. The summed E-state index contributed by atoms with van der Waals surface area (Å²) in [6, 6.07) is 10.7. The van der Waals surface area contributed by atoms with Crippen LogP contribution in [0.5, 0.6) is 11.5 Å². The molecule has 2 rings (SSSR count). The molecule has 1 N–H and O–H groups in total. The van der Waals surface area contributed by atoms with Crippen LogP contribution in [0.2, 0.25) is 0 Å². The Labute approximate surface area is 129 Å². The topological polar surface area (TPSA) is 21.3 Å². The summed E-state index contributed by atoms with van der Waals surface area (Å²) in [5.41, 5.74) is -0.230. The molecule has 21 heavy (non-hydrogen) atoms. The number of nitrogens with one attached hydrogen (secondary N) is 1. The molecule has 0 fully saturated rings. The fraction of sp³-hybridized carbons (Fsp3) is 0.200. The van der Waals surface area contributed by atoms with Gasteiger partial charge in [0, 0.05) is 11.0 Å². The second-order valence-corrected chi connectivity index (χ2v) is 5.33. The lowest BCUT2D eigenvalue weighted by molar-refractivity contribution is -0.138. The van der Waals surface area contributed by atoms with E-state index in [1.54, 1.807) is 37.4 Å². The molecule has 6 heteroatoms. The van der Waals surface area contributed by atoms with Gasteiger partial charge in [0.2, 0.25) is 0 Å². The van der Waals surface area contributed by atoms with Gasteiger partial charge >= 0.3 is 6.18 Å². The molecule has 2 aromatic rings. The average Bonchev–Trinajstić information content (AvgIpc) is 2.42. The second kappa shape index (κ2) is 6.49. The summed E-state index contributed by atoms with van der Waals surface area (Å²) in [7, 11) is 1.68. The van der Waals surface area contributed by atoms with Crippen LogP contribution in [0.15, 0.2) is 46.9 Å². The van der Waals surface area contributed by atoms with Crippen molar-refractivity contribution in [3.63, 3.8) is 0 Å². The predicted molar refractivity (Wildman–Crippen MR) is 78.4 cm³/mol. The van der Waals surface area contributed by atoms with E-state index >= 15 is 0 Å². The maximum Gasteiger partial charge on any atom is 0.419 e. The summed E-state index contributed by atoms with van der Waals surface area (Å²) in [4.78, 5) is 0. The summed E-state index contributed by atoms with van der Waals surface area (Å²) < 4.78 is 45.6. The molecule has 0 unspecified atom stereocenters. The first kappa shape index (κ1) is 15.9. The summed E-state index contributed by atoms with van der Waals surface area (Å²) >= 11 is 3.26. The summed E-state index contributed by atoms with van der Waals surface area (Å²) in [5.74, 6) is 0.148. The standard InChI is InChI=1S/C15H13BrF3NO/c1-20-9-10-2-7-14(13(8-10)15(17,18)19)21-12-5-3-11(16)4-6-12/h2-8,20H,9H2,1H3. The Morgan fingerprint density at radius 2 is 1.76 bits per heavy atom. The van der Waals surface area contributed by atoms with Gasteiger partial charge in [-0.15, -0.1) is 0 Å². The van der Waals surface area contributed by atoms with Crippen LogP contribution in [0.4, 0.5) is 13.2 Å². The van der Waals surface area contributed by atoms with E-state index in [0.29, 0.717) is 17.9 Å². The molecular formula is C15H13BrF3NO. The first-order valence-corrected chi connectivity index (χ1v) is 6.97. The molecule has 0 bridgehead atoms. The van der Waals surface area contributed by atoms with Crippen molar-refractivity contribution in [2.75, 3.05) is 7.05 Å². The van der Waals surface area contributed by atoms with Crippen LogP contribution in [0.1, 0.15) is 11.1 Å². The monoisotopic (exact) mass is 359 g/mol. The lowest BCUT2D eigenvalue weighted by atomic mass is 10.1. The summed E-state index contributed by atoms with van der Waals surface area (Å²) in [6.45, 7) is 0.363. The van der Waals surface area contributed by atoms with Crippen molar-refractivity contribution in [1.29, 1.82) is 0 Å². The highest BCUT2D eigenvalue weighted by molar-refractivity contribution is 9.10. The molecule has 112 valence electrons. The zero-order chi connectivity index (χ0) is 15.5. The van der Waals surface area contributed by atoms with E-state index in [-0.39, 0.29) is 5.75 Å².